The van der Waals surface area contributed by atoms with Crippen molar-refractivity contribution in [1.29, 1.82) is 0 Å². The summed E-state index contributed by atoms with van der Waals surface area (Å²) in [4.78, 5) is 24.6. The summed E-state index contributed by atoms with van der Waals surface area (Å²) in [6.07, 6.45) is 7.79. The largest absolute Gasteiger partial charge is 0.481 e. The number of nitrogens with one attached hydrogen (secondary N) is 1. The molecule has 2 amide bonds. The minimum Gasteiger partial charge on any atom is -0.481 e. The third kappa shape index (κ3) is 5.19. The highest BCUT2D eigenvalue weighted by Gasteiger charge is 2.27. The number of carbonyl (C=O) groups excluding carboxylic acids is 1. The first-order valence-electron chi connectivity index (χ1n) is 8.04. The second-order valence-corrected chi connectivity index (χ2v) is 5.99. The van der Waals surface area contributed by atoms with Gasteiger partial charge in [0.25, 0.3) is 0 Å². The van der Waals surface area contributed by atoms with Gasteiger partial charge in [0.15, 0.2) is 0 Å². The molecule has 0 radical (unpaired) electrons. The van der Waals surface area contributed by atoms with E-state index < -0.39 is 11.9 Å². The van der Waals surface area contributed by atoms with Crippen molar-refractivity contribution in [2.24, 2.45) is 5.92 Å². The number of hydrogen-bond donors (Lipinski definition) is 2. The molecule has 0 bridgehead atoms. The van der Waals surface area contributed by atoms with Crippen molar-refractivity contribution in [1.82, 2.24) is 10.2 Å². The van der Waals surface area contributed by atoms with E-state index in [-0.39, 0.29) is 6.03 Å². The predicted molar refractivity (Wildman–Crippen MR) is 78.2 cm³/mol. The van der Waals surface area contributed by atoms with Gasteiger partial charge in [0.1, 0.15) is 0 Å². The summed E-state index contributed by atoms with van der Waals surface area (Å²) >= 11 is 0. The zero-order chi connectivity index (χ0) is 15.1. The van der Waals surface area contributed by atoms with Crippen LogP contribution in [0.1, 0.15) is 44.9 Å². The molecule has 1 aliphatic carbocycles. The summed E-state index contributed by atoms with van der Waals surface area (Å²) in [5.74, 6) is -1.24. The van der Waals surface area contributed by atoms with E-state index in [0.717, 1.165) is 19.3 Å². The molecule has 0 unspecified atom stereocenters. The molecule has 120 valence electrons. The number of carboxylic acid groups (broad SMARTS) is 1. The van der Waals surface area contributed by atoms with Gasteiger partial charge in [0.2, 0.25) is 0 Å². The first kappa shape index (κ1) is 16.1. The van der Waals surface area contributed by atoms with E-state index in [1.807, 2.05) is 0 Å². The molecule has 6 heteroatoms. The highest BCUT2D eigenvalue weighted by molar-refractivity contribution is 5.76. The van der Waals surface area contributed by atoms with E-state index >= 15 is 0 Å². The van der Waals surface area contributed by atoms with Crippen molar-refractivity contribution in [2.45, 2.75) is 51.0 Å². The van der Waals surface area contributed by atoms with Crippen LogP contribution in [0.2, 0.25) is 0 Å². The van der Waals surface area contributed by atoms with Gasteiger partial charge >= 0.3 is 12.0 Å². The number of rotatable bonds is 5. The minimum absolute atomic E-state index is 0.173. The van der Waals surface area contributed by atoms with Gasteiger partial charge in [-0.3, -0.25) is 4.79 Å². The molecule has 1 aliphatic heterocycles. The summed E-state index contributed by atoms with van der Waals surface area (Å²) in [5.41, 5.74) is 0. The Hall–Kier alpha value is -1.30. The fraction of sp³-hybridized carbons (Fsp3) is 0.867. The maximum Gasteiger partial charge on any atom is 0.317 e. The molecule has 2 fully saturated rings. The number of ether oxygens (including phenoxy) is 1. The van der Waals surface area contributed by atoms with Gasteiger partial charge < -0.3 is 20.1 Å². The van der Waals surface area contributed by atoms with E-state index in [1.54, 1.807) is 4.90 Å². The normalized spacial score (nSPS) is 23.8. The molecule has 0 aromatic rings. The Labute approximate surface area is 125 Å². The van der Waals surface area contributed by atoms with Crippen LogP contribution >= 0.6 is 0 Å². The zero-order valence-corrected chi connectivity index (χ0v) is 12.6. The molecule has 2 rings (SSSR count). The Morgan fingerprint density at radius 3 is 2.62 bits per heavy atom. The van der Waals surface area contributed by atoms with Crippen LogP contribution in [0.3, 0.4) is 0 Å². The summed E-state index contributed by atoms with van der Waals surface area (Å²) in [6.45, 7) is 1.97. The van der Waals surface area contributed by atoms with E-state index in [0.29, 0.717) is 38.8 Å². The van der Waals surface area contributed by atoms with Crippen LogP contribution < -0.4 is 5.32 Å². The van der Waals surface area contributed by atoms with Gasteiger partial charge in [-0.05, 0) is 25.7 Å². The topological polar surface area (TPSA) is 78.9 Å². The molecule has 6 nitrogen and oxygen atoms in total. The van der Waals surface area contributed by atoms with Crippen LogP contribution in [0, 0.1) is 5.92 Å². The molecule has 0 aromatic heterocycles. The monoisotopic (exact) mass is 298 g/mol. The molecular weight excluding hydrogens is 272 g/mol. The second kappa shape index (κ2) is 8.22. The van der Waals surface area contributed by atoms with Crippen molar-refractivity contribution >= 4 is 12.0 Å². The molecular formula is C15H26N2O4. The van der Waals surface area contributed by atoms with E-state index in [4.69, 9.17) is 9.84 Å². The highest BCUT2D eigenvalue weighted by Crippen LogP contribution is 2.20. The highest BCUT2D eigenvalue weighted by atomic mass is 16.5. The van der Waals surface area contributed by atoms with Crippen LogP contribution in [0.15, 0.2) is 0 Å². The van der Waals surface area contributed by atoms with Crippen LogP contribution in [0.5, 0.6) is 0 Å². The molecule has 1 heterocycles. The third-order valence-electron chi connectivity index (χ3n) is 4.34. The lowest BCUT2D eigenvalue weighted by atomic mass is 9.98. The average molecular weight is 298 g/mol. The summed E-state index contributed by atoms with van der Waals surface area (Å²) < 4.78 is 5.75. The zero-order valence-electron chi connectivity index (χ0n) is 12.6. The van der Waals surface area contributed by atoms with E-state index in [1.165, 1.54) is 19.3 Å². The number of hydrogen-bond acceptors (Lipinski definition) is 3. The average Bonchev–Trinajstić information content (AvgIpc) is 2.52. The predicted octanol–water partition coefficient (Wildman–Crippen LogP) is 1.84. The first-order chi connectivity index (χ1) is 10.2. The lowest BCUT2D eigenvalue weighted by Gasteiger charge is -2.30. The molecule has 1 saturated heterocycles. The lowest BCUT2D eigenvalue weighted by molar-refractivity contribution is -0.143. The Morgan fingerprint density at radius 1 is 1.14 bits per heavy atom. The number of likely N-dealkylation sites (tertiary alicyclic amines) is 1. The molecule has 1 atom stereocenters. The summed E-state index contributed by atoms with van der Waals surface area (Å²) in [7, 11) is 0. The maximum atomic E-state index is 12.0. The number of carboxylic acids is 1. The van der Waals surface area contributed by atoms with Crippen molar-refractivity contribution in [2.75, 3.05) is 26.2 Å². The SMILES string of the molecule is O=C(O)[C@H]1CCCN(C(=O)NCCOC2CCCCC2)C1. The Kier molecular flexibility index (Phi) is 6.29. The van der Waals surface area contributed by atoms with Crippen molar-refractivity contribution in [3.8, 4) is 0 Å². The number of carbonyl (C=O) groups is 2. The van der Waals surface area contributed by atoms with Crippen molar-refractivity contribution in [3.05, 3.63) is 0 Å². The smallest absolute Gasteiger partial charge is 0.317 e. The lowest BCUT2D eigenvalue weighted by Crippen LogP contribution is -2.47. The quantitative estimate of drug-likeness (QED) is 0.759. The standard InChI is InChI=1S/C15H26N2O4/c18-14(19)12-5-4-9-17(11-12)15(20)16-8-10-21-13-6-2-1-3-7-13/h12-13H,1-11H2,(H,16,20)(H,18,19)/t12-/m0/s1. The Morgan fingerprint density at radius 2 is 1.90 bits per heavy atom. The van der Waals surface area contributed by atoms with Crippen molar-refractivity contribution in [3.63, 3.8) is 0 Å². The van der Waals surface area contributed by atoms with E-state index in [2.05, 4.69) is 5.32 Å². The molecule has 21 heavy (non-hydrogen) atoms. The molecule has 2 aliphatic rings. The molecule has 0 aromatic carbocycles. The van der Waals surface area contributed by atoms with Gasteiger partial charge in [0, 0.05) is 19.6 Å². The summed E-state index contributed by atoms with van der Waals surface area (Å²) in [6, 6.07) is -0.173. The van der Waals surface area contributed by atoms with Crippen LogP contribution in [0.25, 0.3) is 0 Å². The van der Waals surface area contributed by atoms with Crippen LogP contribution in [0.4, 0.5) is 4.79 Å². The second-order valence-electron chi connectivity index (χ2n) is 5.99. The number of amides is 2. The Balaban J connectivity index is 1.61. The Bertz CT molecular complexity index is 356. The third-order valence-corrected chi connectivity index (χ3v) is 4.34. The van der Waals surface area contributed by atoms with Crippen molar-refractivity contribution < 1.29 is 19.4 Å². The molecule has 1 saturated carbocycles. The minimum atomic E-state index is -0.812. The summed E-state index contributed by atoms with van der Waals surface area (Å²) in [5, 5.41) is 11.8. The van der Waals surface area contributed by atoms with Crippen LogP contribution in [-0.4, -0.2) is 54.4 Å². The van der Waals surface area contributed by atoms with Gasteiger partial charge in [0.05, 0.1) is 18.6 Å². The number of piperidine rings is 1. The van der Waals surface area contributed by atoms with Gasteiger partial charge in [-0.2, -0.15) is 0 Å². The van der Waals surface area contributed by atoms with E-state index in [9.17, 15) is 9.59 Å². The maximum absolute atomic E-state index is 12.0. The fourth-order valence-corrected chi connectivity index (χ4v) is 3.09. The fourth-order valence-electron chi connectivity index (χ4n) is 3.09. The number of aliphatic carboxylic acids is 1. The van der Waals surface area contributed by atoms with Gasteiger partial charge in [-0.25, -0.2) is 4.79 Å². The molecule has 0 spiro atoms. The number of urea groups is 1. The number of nitrogens with zero attached hydrogens (tertiary/aromatic N) is 1. The first-order valence-corrected chi connectivity index (χ1v) is 8.04. The van der Waals surface area contributed by atoms with Crippen LogP contribution in [-0.2, 0) is 9.53 Å². The van der Waals surface area contributed by atoms with Gasteiger partial charge in [-0.1, -0.05) is 19.3 Å². The van der Waals surface area contributed by atoms with Gasteiger partial charge in [-0.15, -0.1) is 0 Å². The molecule has 2 N–H and O–H groups in total.